The summed E-state index contributed by atoms with van der Waals surface area (Å²) in [4.78, 5) is 14.6. The molecular weight excluding hydrogens is 370 g/mol. The number of amides is 1. The Bertz CT molecular complexity index is 661. The molecule has 26 heavy (non-hydrogen) atoms. The first-order valence-corrected chi connectivity index (χ1v) is 11.8. The zero-order valence-corrected chi connectivity index (χ0v) is 17.9. The minimum absolute atomic E-state index is 0.0379. The van der Waals surface area contributed by atoms with Gasteiger partial charge >= 0.3 is 0 Å². The van der Waals surface area contributed by atoms with Crippen LogP contribution in [-0.4, -0.2) is 58.3 Å². The van der Waals surface area contributed by atoms with Crippen molar-refractivity contribution in [1.29, 1.82) is 0 Å². The Kier molecular flexibility index (Phi) is 9.46. The topological polar surface area (TPSA) is 78.5 Å². The second-order valence-corrected chi connectivity index (χ2v) is 9.56. The van der Waals surface area contributed by atoms with Gasteiger partial charge in [0, 0.05) is 25.8 Å². The van der Waals surface area contributed by atoms with Crippen molar-refractivity contribution in [3.8, 4) is 0 Å². The van der Waals surface area contributed by atoms with Gasteiger partial charge in [0.05, 0.1) is 5.75 Å². The quantitative estimate of drug-likeness (QED) is 0.592. The van der Waals surface area contributed by atoms with Crippen LogP contribution in [0.25, 0.3) is 0 Å². The second kappa shape index (κ2) is 10.8. The molecule has 2 atom stereocenters. The van der Waals surface area contributed by atoms with Crippen molar-refractivity contribution in [2.24, 2.45) is 0 Å². The van der Waals surface area contributed by atoms with Gasteiger partial charge in [0.25, 0.3) is 0 Å². The van der Waals surface area contributed by atoms with Gasteiger partial charge in [0.2, 0.25) is 15.9 Å². The first-order valence-electron chi connectivity index (χ1n) is 8.74. The summed E-state index contributed by atoms with van der Waals surface area (Å²) in [6.07, 6.45) is 3.09. The van der Waals surface area contributed by atoms with Gasteiger partial charge in [-0.25, -0.2) is 13.1 Å². The third-order valence-corrected chi connectivity index (χ3v) is 6.06. The minimum atomic E-state index is -3.43. The fourth-order valence-corrected chi connectivity index (χ4v) is 3.75. The largest absolute Gasteiger partial charge is 0.378 e. The van der Waals surface area contributed by atoms with Crippen molar-refractivity contribution in [1.82, 2.24) is 10.0 Å². The number of sulfonamides is 1. The molecule has 1 rings (SSSR count). The first-order chi connectivity index (χ1) is 12.2. The van der Waals surface area contributed by atoms with Crippen LogP contribution >= 0.6 is 11.8 Å². The molecular formula is C18H31N3O3S2. The van der Waals surface area contributed by atoms with Gasteiger partial charge in [-0.05, 0) is 56.4 Å². The standard InChI is InChI=1S/C18H31N3O3S2/c1-6-26(23,24)20-17(11-12-25-5)18(22)19-14(2)13-15-7-9-16(10-8-15)21(3)4/h7-10,14,17,20H,6,11-13H2,1-5H3,(H,19,22). The Morgan fingerprint density at radius 1 is 1.23 bits per heavy atom. The summed E-state index contributed by atoms with van der Waals surface area (Å²) in [5.41, 5.74) is 2.25. The summed E-state index contributed by atoms with van der Waals surface area (Å²) in [5, 5.41) is 2.94. The average Bonchev–Trinajstić information content (AvgIpc) is 2.58. The van der Waals surface area contributed by atoms with E-state index in [0.29, 0.717) is 18.6 Å². The van der Waals surface area contributed by atoms with E-state index in [2.05, 4.69) is 10.0 Å². The SMILES string of the molecule is CCS(=O)(=O)NC(CCSC)C(=O)NC(C)Cc1ccc(N(C)C)cc1. The van der Waals surface area contributed by atoms with Gasteiger partial charge < -0.3 is 10.2 Å². The van der Waals surface area contributed by atoms with E-state index in [1.807, 2.05) is 56.4 Å². The number of hydrogen-bond acceptors (Lipinski definition) is 5. The van der Waals surface area contributed by atoms with Crippen molar-refractivity contribution in [2.75, 3.05) is 36.8 Å². The van der Waals surface area contributed by atoms with Gasteiger partial charge in [0.1, 0.15) is 6.04 Å². The highest BCUT2D eigenvalue weighted by atomic mass is 32.2. The maximum absolute atomic E-state index is 12.5. The number of nitrogens with zero attached hydrogens (tertiary/aromatic N) is 1. The number of carbonyl (C=O) groups is 1. The van der Waals surface area contributed by atoms with Crippen molar-refractivity contribution in [2.45, 2.75) is 38.8 Å². The van der Waals surface area contributed by atoms with E-state index in [-0.39, 0.29) is 17.7 Å². The molecule has 0 fully saturated rings. The molecule has 1 aromatic rings. The molecule has 1 amide bonds. The summed E-state index contributed by atoms with van der Waals surface area (Å²) in [7, 11) is 0.554. The van der Waals surface area contributed by atoms with Crippen LogP contribution in [0.15, 0.2) is 24.3 Å². The Morgan fingerprint density at radius 2 is 1.85 bits per heavy atom. The van der Waals surface area contributed by atoms with Crippen molar-refractivity contribution in [3.05, 3.63) is 29.8 Å². The Hall–Kier alpha value is -1.25. The summed E-state index contributed by atoms with van der Waals surface area (Å²) >= 11 is 1.59. The van der Waals surface area contributed by atoms with E-state index in [1.165, 1.54) is 0 Å². The molecule has 0 saturated heterocycles. The Labute approximate surface area is 162 Å². The molecule has 0 aliphatic carbocycles. The lowest BCUT2D eigenvalue weighted by Gasteiger charge is -2.21. The number of carbonyl (C=O) groups excluding carboxylic acids is 1. The van der Waals surface area contributed by atoms with Crippen molar-refractivity contribution in [3.63, 3.8) is 0 Å². The summed E-state index contributed by atoms with van der Waals surface area (Å²) < 4.78 is 26.2. The first kappa shape index (κ1) is 22.8. The maximum Gasteiger partial charge on any atom is 0.238 e. The zero-order chi connectivity index (χ0) is 19.7. The lowest BCUT2D eigenvalue weighted by molar-refractivity contribution is -0.123. The smallest absolute Gasteiger partial charge is 0.238 e. The fraction of sp³-hybridized carbons (Fsp3) is 0.611. The minimum Gasteiger partial charge on any atom is -0.378 e. The lowest BCUT2D eigenvalue weighted by atomic mass is 10.1. The van der Waals surface area contributed by atoms with Crippen LogP contribution in [0.1, 0.15) is 25.8 Å². The number of nitrogens with one attached hydrogen (secondary N) is 2. The Morgan fingerprint density at radius 3 is 2.35 bits per heavy atom. The molecule has 6 nitrogen and oxygen atoms in total. The van der Waals surface area contributed by atoms with Gasteiger partial charge in [-0.2, -0.15) is 11.8 Å². The van der Waals surface area contributed by atoms with Gasteiger partial charge in [-0.1, -0.05) is 12.1 Å². The molecule has 148 valence electrons. The second-order valence-electron chi connectivity index (χ2n) is 6.53. The van der Waals surface area contributed by atoms with Crippen LogP contribution in [0, 0.1) is 0 Å². The molecule has 0 saturated carbocycles. The highest BCUT2D eigenvalue weighted by molar-refractivity contribution is 7.98. The van der Waals surface area contributed by atoms with E-state index >= 15 is 0 Å². The highest BCUT2D eigenvalue weighted by Gasteiger charge is 2.24. The molecule has 0 bridgehead atoms. The third kappa shape index (κ3) is 7.97. The molecule has 1 aromatic carbocycles. The van der Waals surface area contributed by atoms with E-state index in [4.69, 9.17) is 0 Å². The van der Waals surface area contributed by atoms with Crippen LogP contribution in [0.4, 0.5) is 5.69 Å². The predicted molar refractivity (Wildman–Crippen MR) is 111 cm³/mol. The van der Waals surface area contributed by atoms with E-state index in [1.54, 1.807) is 18.7 Å². The molecule has 0 radical (unpaired) electrons. The van der Waals surface area contributed by atoms with Crippen LogP contribution in [0.5, 0.6) is 0 Å². The van der Waals surface area contributed by atoms with Gasteiger partial charge in [-0.3, -0.25) is 4.79 Å². The normalized spacial score (nSPS) is 13.9. The van der Waals surface area contributed by atoms with Crippen LogP contribution in [-0.2, 0) is 21.2 Å². The number of anilines is 1. The van der Waals surface area contributed by atoms with Crippen LogP contribution in [0.2, 0.25) is 0 Å². The summed E-state index contributed by atoms with van der Waals surface area (Å²) in [5.74, 6) is 0.405. The van der Waals surface area contributed by atoms with Gasteiger partial charge in [-0.15, -0.1) is 0 Å². The maximum atomic E-state index is 12.5. The monoisotopic (exact) mass is 401 g/mol. The average molecular weight is 402 g/mol. The van der Waals surface area contributed by atoms with Crippen molar-refractivity contribution >= 4 is 33.4 Å². The predicted octanol–water partition coefficient (Wildman–Crippen LogP) is 1.86. The molecule has 0 heterocycles. The molecule has 8 heteroatoms. The molecule has 2 N–H and O–H groups in total. The molecule has 0 aliphatic rings. The lowest BCUT2D eigenvalue weighted by Crippen LogP contribution is -2.50. The number of rotatable bonds is 11. The van der Waals surface area contributed by atoms with Crippen LogP contribution in [0.3, 0.4) is 0 Å². The summed E-state index contributed by atoms with van der Waals surface area (Å²) in [6, 6.07) is 7.36. The van der Waals surface area contributed by atoms with E-state index in [9.17, 15) is 13.2 Å². The molecule has 0 aromatic heterocycles. The zero-order valence-electron chi connectivity index (χ0n) is 16.3. The number of benzene rings is 1. The fourth-order valence-electron chi connectivity index (χ4n) is 2.46. The highest BCUT2D eigenvalue weighted by Crippen LogP contribution is 2.13. The number of thioether (sulfide) groups is 1. The Balaban J connectivity index is 2.68. The third-order valence-electron chi connectivity index (χ3n) is 4.01. The van der Waals surface area contributed by atoms with E-state index < -0.39 is 16.1 Å². The molecule has 2 unspecified atom stereocenters. The molecule has 0 aliphatic heterocycles. The van der Waals surface area contributed by atoms with Crippen molar-refractivity contribution < 1.29 is 13.2 Å². The van der Waals surface area contributed by atoms with E-state index in [0.717, 1.165) is 11.3 Å². The molecule has 0 spiro atoms. The number of hydrogen-bond donors (Lipinski definition) is 2. The van der Waals surface area contributed by atoms with Gasteiger partial charge in [0.15, 0.2) is 0 Å². The summed E-state index contributed by atoms with van der Waals surface area (Å²) in [6.45, 7) is 3.49. The van der Waals surface area contributed by atoms with Crippen LogP contribution < -0.4 is 14.9 Å².